The van der Waals surface area contributed by atoms with Crippen LogP contribution in [0.2, 0.25) is 5.02 Å². The van der Waals surface area contributed by atoms with E-state index in [4.69, 9.17) is 11.6 Å². The van der Waals surface area contributed by atoms with E-state index in [0.717, 1.165) is 24.2 Å². The predicted molar refractivity (Wildman–Crippen MR) is 87.2 cm³/mol. The van der Waals surface area contributed by atoms with Gasteiger partial charge < -0.3 is 10.6 Å². The van der Waals surface area contributed by atoms with E-state index in [9.17, 15) is 4.79 Å². The highest BCUT2D eigenvalue weighted by atomic mass is 35.5. The lowest BCUT2D eigenvalue weighted by atomic mass is 10.2. The Morgan fingerprint density at radius 3 is 2.67 bits per heavy atom. The predicted octanol–water partition coefficient (Wildman–Crippen LogP) is 4.12. The SMILES string of the molecule is CCCNc1cc(C(=O)Nc2ccc(C)cc2)c(Cl)cn1. The van der Waals surface area contributed by atoms with Gasteiger partial charge in [0.15, 0.2) is 0 Å². The van der Waals surface area contributed by atoms with Crippen molar-refractivity contribution in [3.8, 4) is 0 Å². The maximum absolute atomic E-state index is 12.3. The lowest BCUT2D eigenvalue weighted by molar-refractivity contribution is 0.102. The molecule has 0 aliphatic heterocycles. The third-order valence-electron chi connectivity index (χ3n) is 2.97. The van der Waals surface area contributed by atoms with E-state index >= 15 is 0 Å². The number of nitrogens with zero attached hydrogens (tertiary/aromatic N) is 1. The summed E-state index contributed by atoms with van der Waals surface area (Å²) in [4.78, 5) is 16.4. The summed E-state index contributed by atoms with van der Waals surface area (Å²) < 4.78 is 0. The number of aryl methyl sites for hydroxylation is 1. The average molecular weight is 304 g/mol. The molecule has 0 bridgehead atoms. The number of aromatic nitrogens is 1. The Bertz CT molecular complexity index is 626. The number of rotatable bonds is 5. The van der Waals surface area contributed by atoms with Crippen molar-refractivity contribution in [2.24, 2.45) is 0 Å². The third kappa shape index (κ3) is 4.20. The van der Waals surface area contributed by atoms with Gasteiger partial charge in [0.2, 0.25) is 0 Å². The van der Waals surface area contributed by atoms with E-state index in [1.54, 1.807) is 6.07 Å². The quantitative estimate of drug-likeness (QED) is 0.873. The minimum atomic E-state index is -0.245. The molecule has 0 unspecified atom stereocenters. The molecule has 1 aromatic carbocycles. The van der Waals surface area contributed by atoms with Gasteiger partial charge in [0.25, 0.3) is 5.91 Å². The summed E-state index contributed by atoms with van der Waals surface area (Å²) in [5.74, 6) is 0.404. The Morgan fingerprint density at radius 1 is 1.29 bits per heavy atom. The zero-order valence-electron chi connectivity index (χ0n) is 12.1. The Hall–Kier alpha value is -2.07. The van der Waals surface area contributed by atoms with Crippen LogP contribution in [0.25, 0.3) is 0 Å². The van der Waals surface area contributed by atoms with Gasteiger partial charge in [-0.3, -0.25) is 4.79 Å². The number of halogens is 1. The number of hydrogen-bond acceptors (Lipinski definition) is 3. The first kappa shape index (κ1) is 15.3. The van der Waals surface area contributed by atoms with Crippen LogP contribution in [0.4, 0.5) is 11.5 Å². The molecule has 1 aromatic heterocycles. The molecule has 0 aliphatic rings. The van der Waals surface area contributed by atoms with Crippen LogP contribution in [-0.2, 0) is 0 Å². The number of benzene rings is 1. The molecule has 1 amide bonds. The largest absolute Gasteiger partial charge is 0.370 e. The van der Waals surface area contributed by atoms with Crippen LogP contribution in [-0.4, -0.2) is 17.4 Å². The summed E-state index contributed by atoms with van der Waals surface area (Å²) in [6.45, 7) is 4.86. The summed E-state index contributed by atoms with van der Waals surface area (Å²) in [6.07, 6.45) is 2.47. The minimum Gasteiger partial charge on any atom is -0.370 e. The number of amides is 1. The van der Waals surface area contributed by atoms with Gasteiger partial charge in [0.1, 0.15) is 5.82 Å². The molecular formula is C16H18ClN3O. The molecule has 2 N–H and O–H groups in total. The molecule has 5 heteroatoms. The first-order chi connectivity index (χ1) is 10.1. The zero-order valence-corrected chi connectivity index (χ0v) is 12.9. The fourth-order valence-corrected chi connectivity index (χ4v) is 1.99. The van der Waals surface area contributed by atoms with Crippen LogP contribution in [0.3, 0.4) is 0 Å². The molecule has 2 rings (SSSR count). The van der Waals surface area contributed by atoms with Crippen molar-refractivity contribution in [3.05, 3.63) is 52.7 Å². The van der Waals surface area contributed by atoms with Crippen LogP contribution >= 0.6 is 11.6 Å². The molecule has 110 valence electrons. The van der Waals surface area contributed by atoms with Crippen molar-refractivity contribution >= 4 is 29.0 Å². The van der Waals surface area contributed by atoms with Crippen molar-refractivity contribution in [3.63, 3.8) is 0 Å². The molecule has 1 heterocycles. The minimum absolute atomic E-state index is 0.245. The smallest absolute Gasteiger partial charge is 0.257 e. The first-order valence-electron chi connectivity index (χ1n) is 6.87. The Labute approximate surface area is 129 Å². The number of anilines is 2. The summed E-state index contributed by atoms with van der Waals surface area (Å²) in [5, 5.41) is 6.30. The van der Waals surface area contributed by atoms with Gasteiger partial charge in [0.05, 0.1) is 10.6 Å². The first-order valence-corrected chi connectivity index (χ1v) is 7.25. The van der Waals surface area contributed by atoms with Gasteiger partial charge in [-0.1, -0.05) is 36.2 Å². The highest BCUT2D eigenvalue weighted by Crippen LogP contribution is 2.20. The average Bonchev–Trinajstić information content (AvgIpc) is 2.48. The Morgan fingerprint density at radius 2 is 2.00 bits per heavy atom. The normalized spacial score (nSPS) is 10.2. The maximum Gasteiger partial charge on any atom is 0.257 e. The van der Waals surface area contributed by atoms with Gasteiger partial charge in [-0.2, -0.15) is 0 Å². The highest BCUT2D eigenvalue weighted by molar-refractivity contribution is 6.34. The van der Waals surface area contributed by atoms with Crippen LogP contribution in [0.15, 0.2) is 36.5 Å². The van der Waals surface area contributed by atoms with Crippen molar-refractivity contribution in [1.82, 2.24) is 4.98 Å². The van der Waals surface area contributed by atoms with Crippen molar-refractivity contribution in [1.29, 1.82) is 0 Å². The van der Waals surface area contributed by atoms with Crippen molar-refractivity contribution < 1.29 is 4.79 Å². The molecule has 0 saturated heterocycles. The monoisotopic (exact) mass is 303 g/mol. The van der Waals surface area contributed by atoms with E-state index in [1.165, 1.54) is 6.20 Å². The topological polar surface area (TPSA) is 54.0 Å². The van der Waals surface area contributed by atoms with E-state index in [-0.39, 0.29) is 5.91 Å². The summed E-state index contributed by atoms with van der Waals surface area (Å²) >= 11 is 6.07. The molecule has 0 saturated carbocycles. The van der Waals surface area contributed by atoms with Gasteiger partial charge in [-0.25, -0.2) is 4.98 Å². The molecule has 0 atom stereocenters. The fourth-order valence-electron chi connectivity index (χ4n) is 1.80. The standard InChI is InChI=1S/C16H18ClN3O/c1-3-8-18-15-9-13(14(17)10-19-15)16(21)20-12-6-4-11(2)5-7-12/h4-7,9-10H,3,8H2,1-2H3,(H,18,19)(H,20,21). The Kier molecular flexibility index (Phi) is 5.17. The van der Waals surface area contributed by atoms with Crippen LogP contribution in [0.1, 0.15) is 29.3 Å². The lowest BCUT2D eigenvalue weighted by Gasteiger charge is -2.09. The number of hydrogen-bond donors (Lipinski definition) is 2. The van der Waals surface area contributed by atoms with Crippen LogP contribution in [0, 0.1) is 6.92 Å². The second-order valence-corrected chi connectivity index (χ2v) is 5.20. The second-order valence-electron chi connectivity index (χ2n) is 4.80. The van der Waals surface area contributed by atoms with Crippen LogP contribution < -0.4 is 10.6 Å². The highest BCUT2D eigenvalue weighted by Gasteiger charge is 2.12. The molecule has 4 nitrogen and oxygen atoms in total. The van der Waals surface area contributed by atoms with Gasteiger partial charge in [0, 0.05) is 18.4 Å². The van der Waals surface area contributed by atoms with E-state index < -0.39 is 0 Å². The molecular weight excluding hydrogens is 286 g/mol. The maximum atomic E-state index is 12.3. The Balaban J connectivity index is 2.15. The van der Waals surface area contributed by atoms with Crippen molar-refractivity contribution in [2.45, 2.75) is 20.3 Å². The molecule has 0 radical (unpaired) electrons. The van der Waals surface area contributed by atoms with Crippen LogP contribution in [0.5, 0.6) is 0 Å². The second kappa shape index (κ2) is 7.09. The molecule has 0 spiro atoms. The van der Waals surface area contributed by atoms with Gasteiger partial charge in [-0.05, 0) is 31.5 Å². The van der Waals surface area contributed by atoms with E-state index in [0.29, 0.717) is 16.4 Å². The molecule has 0 aliphatic carbocycles. The van der Waals surface area contributed by atoms with Gasteiger partial charge >= 0.3 is 0 Å². The fraction of sp³-hybridized carbons (Fsp3) is 0.250. The summed E-state index contributed by atoms with van der Waals surface area (Å²) in [5.41, 5.74) is 2.29. The van der Waals surface area contributed by atoms with E-state index in [1.807, 2.05) is 31.2 Å². The lowest BCUT2D eigenvalue weighted by Crippen LogP contribution is -2.13. The number of nitrogens with one attached hydrogen (secondary N) is 2. The summed E-state index contributed by atoms with van der Waals surface area (Å²) in [7, 11) is 0. The number of carbonyl (C=O) groups excluding carboxylic acids is 1. The molecule has 2 aromatic rings. The zero-order chi connectivity index (χ0) is 15.2. The molecule has 0 fully saturated rings. The van der Waals surface area contributed by atoms with Crippen molar-refractivity contribution in [2.75, 3.05) is 17.2 Å². The third-order valence-corrected chi connectivity index (χ3v) is 3.27. The summed E-state index contributed by atoms with van der Waals surface area (Å²) in [6, 6.07) is 9.27. The molecule has 21 heavy (non-hydrogen) atoms. The number of carbonyl (C=O) groups is 1. The van der Waals surface area contributed by atoms with E-state index in [2.05, 4.69) is 22.5 Å². The van der Waals surface area contributed by atoms with Gasteiger partial charge in [-0.15, -0.1) is 0 Å². The number of pyridine rings is 1.